The van der Waals surface area contributed by atoms with Gasteiger partial charge in [-0.05, 0) is 44.4 Å². The average molecular weight is 289 g/mol. The van der Waals surface area contributed by atoms with E-state index < -0.39 is 18.2 Å². The van der Waals surface area contributed by atoms with Gasteiger partial charge < -0.3 is 19.9 Å². The van der Waals surface area contributed by atoms with Gasteiger partial charge in [0.2, 0.25) is 0 Å². The largest absolute Gasteiger partial charge is 0.451 e. The molecule has 3 rings (SSSR count). The first-order valence-corrected chi connectivity index (χ1v) is 7.22. The fraction of sp³-hybridized carbons (Fsp3) is 0.438. The Morgan fingerprint density at radius 3 is 2.90 bits per heavy atom. The molecule has 3 N–H and O–H groups in total. The van der Waals surface area contributed by atoms with Crippen molar-refractivity contribution in [2.45, 2.75) is 44.4 Å². The van der Waals surface area contributed by atoms with Crippen molar-refractivity contribution in [3.8, 4) is 0 Å². The zero-order valence-corrected chi connectivity index (χ0v) is 11.9. The van der Waals surface area contributed by atoms with Crippen LogP contribution in [0.3, 0.4) is 0 Å². The minimum atomic E-state index is -0.922. The molecule has 1 aromatic heterocycles. The first kappa shape index (κ1) is 14.1. The lowest BCUT2D eigenvalue weighted by molar-refractivity contribution is -0.0279. The fourth-order valence-electron chi connectivity index (χ4n) is 2.83. The molecule has 0 aliphatic heterocycles. The molecule has 112 valence electrons. The summed E-state index contributed by atoms with van der Waals surface area (Å²) in [6.07, 6.45) is 0.306. The van der Waals surface area contributed by atoms with Crippen LogP contribution >= 0.6 is 0 Å². The van der Waals surface area contributed by atoms with Gasteiger partial charge in [-0.3, -0.25) is 4.79 Å². The molecule has 0 saturated heterocycles. The van der Waals surface area contributed by atoms with E-state index in [0.29, 0.717) is 18.4 Å². The molecule has 0 spiro atoms. The van der Waals surface area contributed by atoms with Gasteiger partial charge in [0.15, 0.2) is 5.76 Å². The molecule has 0 unspecified atom stereocenters. The highest BCUT2D eigenvalue weighted by molar-refractivity contribution is 5.96. The predicted molar refractivity (Wildman–Crippen MR) is 78.1 cm³/mol. The van der Waals surface area contributed by atoms with E-state index in [-0.39, 0.29) is 11.7 Å². The van der Waals surface area contributed by atoms with Crippen LogP contribution in [0.2, 0.25) is 0 Å². The van der Waals surface area contributed by atoms with Crippen LogP contribution in [0.5, 0.6) is 0 Å². The summed E-state index contributed by atoms with van der Waals surface area (Å²) in [5, 5.41) is 23.2. The number of furan rings is 1. The van der Waals surface area contributed by atoms with Gasteiger partial charge in [0.25, 0.3) is 5.91 Å². The minimum absolute atomic E-state index is 0.225. The molecular formula is C16H19NO4. The highest BCUT2D eigenvalue weighted by atomic mass is 16.3. The number of hydrogen-bond donors (Lipinski definition) is 3. The van der Waals surface area contributed by atoms with Crippen molar-refractivity contribution in [2.75, 3.05) is 0 Å². The molecule has 0 radical (unpaired) electrons. The van der Waals surface area contributed by atoms with Gasteiger partial charge in [-0.1, -0.05) is 11.6 Å². The standard InChI is InChI=1S/C16H19NO4/c1-9-5-6-13-10(7-9)8-14(21-13)16(20)17-11-3-2-4-12(18)15(11)19/h5-8,11-12,15,18-19H,2-4H2,1H3,(H,17,20)/t11-,12-,15-/m1/s1. The van der Waals surface area contributed by atoms with Crippen LogP contribution < -0.4 is 5.32 Å². The van der Waals surface area contributed by atoms with Crippen molar-refractivity contribution in [2.24, 2.45) is 0 Å². The van der Waals surface area contributed by atoms with Crippen LogP contribution in [-0.4, -0.2) is 34.4 Å². The van der Waals surface area contributed by atoms with E-state index in [9.17, 15) is 15.0 Å². The van der Waals surface area contributed by atoms with E-state index in [4.69, 9.17) is 4.42 Å². The van der Waals surface area contributed by atoms with Crippen molar-refractivity contribution < 1.29 is 19.4 Å². The SMILES string of the molecule is Cc1ccc2oc(C(=O)N[C@@H]3CCC[C@@H](O)[C@@H]3O)cc2c1. The van der Waals surface area contributed by atoms with Gasteiger partial charge in [-0.15, -0.1) is 0 Å². The summed E-state index contributed by atoms with van der Waals surface area (Å²) < 4.78 is 5.53. The Morgan fingerprint density at radius 1 is 1.29 bits per heavy atom. The van der Waals surface area contributed by atoms with E-state index in [2.05, 4.69) is 5.32 Å². The lowest BCUT2D eigenvalue weighted by atomic mass is 9.90. The molecule has 3 atom stereocenters. The zero-order chi connectivity index (χ0) is 15.0. The summed E-state index contributed by atoms with van der Waals surface area (Å²) >= 11 is 0. The molecule has 1 aromatic carbocycles. The smallest absolute Gasteiger partial charge is 0.287 e. The summed E-state index contributed by atoms with van der Waals surface area (Å²) in [5.74, 6) is -0.134. The quantitative estimate of drug-likeness (QED) is 0.786. The molecule has 1 fully saturated rings. The number of aliphatic hydroxyl groups is 2. The van der Waals surface area contributed by atoms with Crippen molar-refractivity contribution in [1.29, 1.82) is 0 Å². The predicted octanol–water partition coefficient (Wildman–Crippen LogP) is 1.75. The van der Waals surface area contributed by atoms with Crippen molar-refractivity contribution in [1.82, 2.24) is 5.32 Å². The normalized spacial score (nSPS) is 26.0. The maximum absolute atomic E-state index is 12.2. The monoisotopic (exact) mass is 289 g/mol. The topological polar surface area (TPSA) is 82.7 Å². The summed E-state index contributed by atoms with van der Waals surface area (Å²) in [5.41, 5.74) is 1.76. The number of amides is 1. The Bertz CT molecular complexity index is 663. The maximum Gasteiger partial charge on any atom is 0.287 e. The molecule has 1 aliphatic carbocycles. The van der Waals surface area contributed by atoms with Crippen molar-refractivity contribution in [3.05, 3.63) is 35.6 Å². The van der Waals surface area contributed by atoms with E-state index in [1.54, 1.807) is 6.07 Å². The molecule has 1 heterocycles. The fourth-order valence-corrected chi connectivity index (χ4v) is 2.83. The maximum atomic E-state index is 12.2. The van der Waals surface area contributed by atoms with Crippen LogP contribution in [0.1, 0.15) is 35.4 Å². The zero-order valence-electron chi connectivity index (χ0n) is 11.9. The number of carbonyl (C=O) groups is 1. The number of nitrogens with one attached hydrogen (secondary N) is 1. The summed E-state index contributed by atoms with van der Waals surface area (Å²) in [7, 11) is 0. The third-order valence-corrected chi connectivity index (χ3v) is 4.03. The number of aryl methyl sites for hydroxylation is 1. The number of fused-ring (bicyclic) bond motifs is 1. The van der Waals surface area contributed by atoms with E-state index in [1.165, 1.54) is 0 Å². The second-order valence-electron chi connectivity index (χ2n) is 5.72. The summed E-state index contributed by atoms with van der Waals surface area (Å²) in [6, 6.07) is 6.98. The van der Waals surface area contributed by atoms with E-state index in [0.717, 1.165) is 17.4 Å². The Hall–Kier alpha value is -1.85. The van der Waals surface area contributed by atoms with Gasteiger partial charge >= 0.3 is 0 Å². The number of aliphatic hydroxyl groups excluding tert-OH is 2. The Kier molecular flexibility index (Phi) is 3.69. The molecule has 21 heavy (non-hydrogen) atoms. The second-order valence-corrected chi connectivity index (χ2v) is 5.72. The summed E-state index contributed by atoms with van der Waals surface area (Å²) in [4.78, 5) is 12.2. The van der Waals surface area contributed by atoms with Gasteiger partial charge in [-0.2, -0.15) is 0 Å². The minimum Gasteiger partial charge on any atom is -0.451 e. The van der Waals surface area contributed by atoms with Gasteiger partial charge in [0.1, 0.15) is 11.7 Å². The molecule has 5 nitrogen and oxygen atoms in total. The molecule has 1 amide bonds. The summed E-state index contributed by atoms with van der Waals surface area (Å²) in [6.45, 7) is 1.98. The lowest BCUT2D eigenvalue weighted by Gasteiger charge is -2.31. The Balaban J connectivity index is 1.77. The van der Waals surface area contributed by atoms with Crippen molar-refractivity contribution in [3.63, 3.8) is 0 Å². The number of rotatable bonds is 2. The van der Waals surface area contributed by atoms with E-state index >= 15 is 0 Å². The Morgan fingerprint density at radius 2 is 2.10 bits per heavy atom. The van der Waals surface area contributed by atoms with Crippen LogP contribution in [-0.2, 0) is 0 Å². The second kappa shape index (κ2) is 5.50. The van der Waals surface area contributed by atoms with Gasteiger partial charge in [0.05, 0.1) is 12.1 Å². The van der Waals surface area contributed by atoms with Crippen LogP contribution in [0.15, 0.2) is 28.7 Å². The number of carbonyl (C=O) groups excluding carboxylic acids is 1. The third-order valence-electron chi connectivity index (χ3n) is 4.03. The van der Waals surface area contributed by atoms with Gasteiger partial charge in [-0.25, -0.2) is 0 Å². The number of hydrogen-bond acceptors (Lipinski definition) is 4. The van der Waals surface area contributed by atoms with Gasteiger partial charge in [0, 0.05) is 5.39 Å². The molecular weight excluding hydrogens is 270 g/mol. The molecule has 0 bridgehead atoms. The first-order valence-electron chi connectivity index (χ1n) is 7.22. The first-order chi connectivity index (χ1) is 10.0. The lowest BCUT2D eigenvalue weighted by Crippen LogP contribution is -2.50. The van der Waals surface area contributed by atoms with E-state index in [1.807, 2.05) is 25.1 Å². The molecule has 1 saturated carbocycles. The van der Waals surface area contributed by atoms with Crippen molar-refractivity contribution >= 4 is 16.9 Å². The van der Waals surface area contributed by atoms with Crippen LogP contribution in [0, 0.1) is 6.92 Å². The highest BCUT2D eigenvalue weighted by Gasteiger charge is 2.32. The number of benzene rings is 1. The average Bonchev–Trinajstić information content (AvgIpc) is 2.87. The van der Waals surface area contributed by atoms with Crippen LogP contribution in [0.4, 0.5) is 0 Å². The highest BCUT2D eigenvalue weighted by Crippen LogP contribution is 2.22. The van der Waals surface area contributed by atoms with Crippen LogP contribution in [0.25, 0.3) is 11.0 Å². The molecule has 5 heteroatoms. The molecule has 1 aliphatic rings. The molecule has 2 aromatic rings. The third kappa shape index (κ3) is 2.80. The Labute approximate surface area is 122 Å².